The van der Waals surface area contributed by atoms with Gasteiger partial charge in [0.05, 0.1) is 18.8 Å². The number of rotatable bonds is 4. The highest BCUT2D eigenvalue weighted by Gasteiger charge is 2.54. The molecule has 0 saturated carbocycles. The van der Waals surface area contributed by atoms with Crippen LogP contribution in [0, 0.1) is 0 Å². The van der Waals surface area contributed by atoms with E-state index >= 15 is 0 Å². The fourth-order valence-electron chi connectivity index (χ4n) is 3.41. The maximum absolute atomic E-state index is 10.2. The molecule has 21 heavy (non-hydrogen) atoms. The van der Waals surface area contributed by atoms with Crippen LogP contribution in [0.5, 0.6) is 0 Å². The molecule has 2 N–H and O–H groups in total. The maximum atomic E-state index is 10.2. The topological polar surface area (TPSA) is 62.2 Å². The smallest absolute Gasteiger partial charge is 0.163 e. The van der Waals surface area contributed by atoms with E-state index in [0.717, 1.165) is 0 Å². The second kappa shape index (κ2) is 5.66. The van der Waals surface area contributed by atoms with E-state index in [4.69, 9.17) is 9.47 Å². The summed E-state index contributed by atoms with van der Waals surface area (Å²) in [6.45, 7) is 4.90. The molecule has 2 fully saturated rings. The Morgan fingerprint density at radius 2 is 2.00 bits per heavy atom. The lowest BCUT2D eigenvalue weighted by atomic mass is 10.0. The third-order valence-corrected chi connectivity index (χ3v) is 4.20. The van der Waals surface area contributed by atoms with Crippen LogP contribution in [0.4, 0.5) is 0 Å². The van der Waals surface area contributed by atoms with Gasteiger partial charge in [-0.05, 0) is 19.4 Å². The molecule has 0 aromatic heterocycles. The fraction of sp³-hybridized carbons (Fsp3) is 0.625. The van der Waals surface area contributed by atoms with Crippen molar-refractivity contribution in [3.63, 3.8) is 0 Å². The van der Waals surface area contributed by atoms with E-state index < -0.39 is 11.9 Å². The molecule has 0 bridgehead atoms. The van der Waals surface area contributed by atoms with Crippen molar-refractivity contribution in [3.05, 3.63) is 35.9 Å². The highest BCUT2D eigenvalue weighted by atomic mass is 16.8. The van der Waals surface area contributed by atoms with E-state index in [2.05, 4.69) is 17.0 Å². The maximum Gasteiger partial charge on any atom is 0.163 e. The Kier molecular flexibility index (Phi) is 4.03. The summed E-state index contributed by atoms with van der Waals surface area (Å²) < 4.78 is 11.9. The zero-order chi connectivity index (χ0) is 15.0. The molecular formula is C16H23NO4. The molecule has 0 radical (unpaired) electrons. The van der Waals surface area contributed by atoms with Crippen LogP contribution in [0.15, 0.2) is 30.3 Å². The Balaban J connectivity index is 1.78. The summed E-state index contributed by atoms with van der Waals surface area (Å²) in [4.78, 5) is 2.14. The van der Waals surface area contributed by atoms with Gasteiger partial charge in [0.25, 0.3) is 0 Å². The first-order valence-electron chi connectivity index (χ1n) is 7.43. The van der Waals surface area contributed by atoms with Gasteiger partial charge in [-0.3, -0.25) is 4.90 Å². The van der Waals surface area contributed by atoms with E-state index in [1.807, 2.05) is 32.0 Å². The van der Waals surface area contributed by atoms with E-state index in [0.29, 0.717) is 13.1 Å². The minimum absolute atomic E-state index is 0.0603. The summed E-state index contributed by atoms with van der Waals surface area (Å²) in [6.07, 6.45) is -1.10. The second-order valence-corrected chi connectivity index (χ2v) is 6.29. The SMILES string of the molecule is CC1(C)O[C@H]2[C@@H]([C@H](O)CO)N(Cc3ccccc3)C[C@H]2O1. The van der Waals surface area contributed by atoms with Gasteiger partial charge in [-0.1, -0.05) is 30.3 Å². The Morgan fingerprint density at radius 1 is 1.29 bits per heavy atom. The quantitative estimate of drug-likeness (QED) is 0.857. The average molecular weight is 293 g/mol. The first-order chi connectivity index (χ1) is 10.00. The van der Waals surface area contributed by atoms with Gasteiger partial charge >= 0.3 is 0 Å². The van der Waals surface area contributed by atoms with Gasteiger partial charge in [0.2, 0.25) is 0 Å². The first kappa shape index (κ1) is 14.9. The van der Waals surface area contributed by atoms with Crippen molar-refractivity contribution in [1.82, 2.24) is 4.90 Å². The standard InChI is InChI=1S/C16H23NO4/c1-16(2)20-13-9-17(8-11-6-4-3-5-7-11)14(12(19)10-18)15(13)21-16/h3-7,12-15,18-19H,8-10H2,1-2H3/t12-,13-,14-,15-/m1/s1. The molecule has 5 heteroatoms. The molecule has 0 aliphatic carbocycles. The minimum atomic E-state index is -0.832. The van der Waals surface area contributed by atoms with Crippen molar-refractivity contribution in [1.29, 1.82) is 0 Å². The van der Waals surface area contributed by atoms with Gasteiger partial charge in [-0.25, -0.2) is 0 Å². The Bertz CT molecular complexity index is 478. The van der Waals surface area contributed by atoms with Crippen LogP contribution in [-0.2, 0) is 16.0 Å². The summed E-state index contributed by atoms with van der Waals surface area (Å²) in [5, 5.41) is 19.6. The number of aliphatic hydroxyl groups is 2. The number of likely N-dealkylation sites (tertiary alicyclic amines) is 1. The lowest BCUT2D eigenvalue weighted by molar-refractivity contribution is -0.169. The highest BCUT2D eigenvalue weighted by Crippen LogP contribution is 2.38. The number of benzene rings is 1. The van der Waals surface area contributed by atoms with Crippen LogP contribution in [0.2, 0.25) is 0 Å². The molecule has 0 spiro atoms. The number of fused-ring (bicyclic) bond motifs is 1. The molecule has 4 atom stereocenters. The molecule has 3 rings (SSSR count). The van der Waals surface area contributed by atoms with Gasteiger partial charge in [0, 0.05) is 13.1 Å². The highest BCUT2D eigenvalue weighted by molar-refractivity contribution is 5.16. The number of hydrogen-bond donors (Lipinski definition) is 2. The normalized spacial score (nSPS) is 33.0. The number of hydrogen-bond acceptors (Lipinski definition) is 5. The van der Waals surface area contributed by atoms with Crippen LogP contribution in [0.1, 0.15) is 19.4 Å². The van der Waals surface area contributed by atoms with Gasteiger partial charge < -0.3 is 19.7 Å². The number of aliphatic hydroxyl groups excluding tert-OH is 2. The van der Waals surface area contributed by atoms with Crippen molar-refractivity contribution < 1.29 is 19.7 Å². The average Bonchev–Trinajstić information content (AvgIpc) is 2.90. The largest absolute Gasteiger partial charge is 0.394 e. The van der Waals surface area contributed by atoms with Crippen LogP contribution < -0.4 is 0 Å². The predicted molar refractivity (Wildman–Crippen MR) is 77.6 cm³/mol. The van der Waals surface area contributed by atoms with Crippen molar-refractivity contribution in [2.45, 2.75) is 50.5 Å². The molecule has 2 heterocycles. The second-order valence-electron chi connectivity index (χ2n) is 6.29. The molecule has 0 amide bonds. The molecule has 1 aromatic rings. The van der Waals surface area contributed by atoms with Crippen molar-refractivity contribution in [2.24, 2.45) is 0 Å². The van der Waals surface area contributed by atoms with Crippen LogP contribution in [-0.4, -0.2) is 58.4 Å². The summed E-state index contributed by atoms with van der Waals surface area (Å²) in [5.41, 5.74) is 1.17. The van der Waals surface area contributed by atoms with Crippen molar-refractivity contribution in [3.8, 4) is 0 Å². The Morgan fingerprint density at radius 3 is 2.67 bits per heavy atom. The van der Waals surface area contributed by atoms with Gasteiger partial charge in [0.1, 0.15) is 12.2 Å². The first-order valence-corrected chi connectivity index (χ1v) is 7.43. The summed E-state index contributed by atoms with van der Waals surface area (Å²) in [5.74, 6) is -0.623. The van der Waals surface area contributed by atoms with Gasteiger partial charge in [0.15, 0.2) is 5.79 Å². The van der Waals surface area contributed by atoms with E-state index in [1.165, 1.54) is 5.56 Å². The molecule has 2 aliphatic heterocycles. The molecule has 0 unspecified atom stereocenters. The summed E-state index contributed by atoms with van der Waals surface area (Å²) in [6, 6.07) is 9.85. The zero-order valence-electron chi connectivity index (χ0n) is 12.5. The van der Waals surface area contributed by atoms with Gasteiger partial charge in [-0.2, -0.15) is 0 Å². The van der Waals surface area contributed by atoms with Crippen molar-refractivity contribution in [2.75, 3.05) is 13.2 Å². The predicted octanol–water partition coefficient (Wildman–Crippen LogP) is 0.744. The van der Waals surface area contributed by atoms with Crippen LogP contribution >= 0.6 is 0 Å². The fourth-order valence-corrected chi connectivity index (χ4v) is 3.41. The molecule has 116 valence electrons. The zero-order valence-corrected chi connectivity index (χ0v) is 12.5. The monoisotopic (exact) mass is 293 g/mol. The molecular weight excluding hydrogens is 270 g/mol. The van der Waals surface area contributed by atoms with Crippen molar-refractivity contribution >= 4 is 0 Å². The lowest BCUT2D eigenvalue weighted by Gasteiger charge is -2.32. The Hall–Kier alpha value is -0.980. The summed E-state index contributed by atoms with van der Waals surface area (Å²) in [7, 11) is 0. The molecule has 2 saturated heterocycles. The summed E-state index contributed by atoms with van der Waals surface area (Å²) >= 11 is 0. The van der Waals surface area contributed by atoms with E-state index in [9.17, 15) is 10.2 Å². The molecule has 2 aliphatic rings. The third kappa shape index (κ3) is 2.98. The molecule has 5 nitrogen and oxygen atoms in total. The lowest BCUT2D eigenvalue weighted by Crippen LogP contribution is -2.47. The van der Waals surface area contributed by atoms with Crippen LogP contribution in [0.25, 0.3) is 0 Å². The minimum Gasteiger partial charge on any atom is -0.394 e. The van der Waals surface area contributed by atoms with E-state index in [-0.39, 0.29) is 24.9 Å². The number of nitrogens with zero attached hydrogens (tertiary/aromatic N) is 1. The number of ether oxygens (including phenoxy) is 2. The Labute approximate surface area is 125 Å². The van der Waals surface area contributed by atoms with Gasteiger partial charge in [-0.15, -0.1) is 0 Å². The molecule has 1 aromatic carbocycles. The van der Waals surface area contributed by atoms with E-state index in [1.54, 1.807) is 0 Å². The van der Waals surface area contributed by atoms with Crippen LogP contribution in [0.3, 0.4) is 0 Å². The third-order valence-electron chi connectivity index (χ3n) is 4.20.